The summed E-state index contributed by atoms with van der Waals surface area (Å²) in [6, 6.07) is 11.8. The van der Waals surface area contributed by atoms with Crippen molar-refractivity contribution in [3.8, 4) is 5.75 Å². The molecule has 0 aliphatic carbocycles. The summed E-state index contributed by atoms with van der Waals surface area (Å²) >= 11 is 11.5. The maximum Gasteiger partial charge on any atom is 0.296 e. The summed E-state index contributed by atoms with van der Waals surface area (Å²) in [6.07, 6.45) is 0.555. The Hall–Kier alpha value is -3.71. The van der Waals surface area contributed by atoms with Crippen molar-refractivity contribution in [2.45, 2.75) is 4.90 Å². The Bertz CT molecular complexity index is 1560. The summed E-state index contributed by atoms with van der Waals surface area (Å²) in [6.45, 7) is 0. The van der Waals surface area contributed by atoms with Gasteiger partial charge in [0.2, 0.25) is 16.5 Å². The van der Waals surface area contributed by atoms with Crippen LogP contribution in [-0.4, -0.2) is 39.3 Å². The Kier molecular flexibility index (Phi) is 6.39. The van der Waals surface area contributed by atoms with E-state index < -0.39 is 26.5 Å². The van der Waals surface area contributed by atoms with Crippen molar-refractivity contribution in [1.29, 1.82) is 0 Å². The lowest BCUT2D eigenvalue weighted by molar-refractivity contribution is 0.112. The number of rotatable bonds is 6. The average molecular weight is 519 g/mol. The molecule has 0 radical (unpaired) electrons. The fraction of sp³-hybridized carbons (Fsp3) is 0. The Morgan fingerprint density at radius 2 is 1.68 bits per heavy atom. The highest BCUT2D eigenvalue weighted by Gasteiger charge is 2.22. The molecule has 0 amide bonds. The zero-order valence-corrected chi connectivity index (χ0v) is 19.0. The molecule has 172 valence electrons. The minimum Gasteiger partial charge on any atom is -0.505 e. The summed E-state index contributed by atoms with van der Waals surface area (Å²) in [4.78, 5) is 21.9. The molecule has 0 saturated carbocycles. The molecule has 0 aliphatic rings. The van der Waals surface area contributed by atoms with Crippen LogP contribution < -0.4 is 5.32 Å². The summed E-state index contributed by atoms with van der Waals surface area (Å²) < 4.78 is 33.8. The first-order valence-corrected chi connectivity index (χ1v) is 11.4. The summed E-state index contributed by atoms with van der Waals surface area (Å²) in [7, 11) is -4.82. The second kappa shape index (κ2) is 9.27. The van der Waals surface area contributed by atoms with Gasteiger partial charge in [-0.3, -0.25) is 9.35 Å². The van der Waals surface area contributed by atoms with Crippen LogP contribution in [0.2, 0.25) is 10.6 Å². The number of aldehydes is 1. The van der Waals surface area contributed by atoms with Crippen molar-refractivity contribution < 1.29 is 22.9 Å². The molecule has 0 spiro atoms. The minimum absolute atomic E-state index is 0.0304. The van der Waals surface area contributed by atoms with Crippen molar-refractivity contribution >= 4 is 73.4 Å². The summed E-state index contributed by atoms with van der Waals surface area (Å²) in [5, 5.41) is 21.5. The molecule has 4 rings (SSSR count). The summed E-state index contributed by atoms with van der Waals surface area (Å²) in [5.41, 5.74) is 0.245. The third-order valence-electron chi connectivity index (χ3n) is 4.49. The van der Waals surface area contributed by atoms with E-state index in [-0.39, 0.29) is 38.5 Å². The first-order valence-electron chi connectivity index (χ1n) is 9.23. The number of nitrogens with one attached hydrogen (secondary N) is 1. The van der Waals surface area contributed by atoms with E-state index in [1.165, 1.54) is 24.3 Å². The maximum absolute atomic E-state index is 12.0. The maximum atomic E-state index is 12.0. The van der Waals surface area contributed by atoms with Crippen LogP contribution in [0.5, 0.6) is 5.75 Å². The van der Waals surface area contributed by atoms with Gasteiger partial charge in [-0.25, -0.2) is 0 Å². The number of hydrogen-bond donors (Lipinski definition) is 3. The van der Waals surface area contributed by atoms with Gasteiger partial charge in [0.25, 0.3) is 10.1 Å². The molecule has 14 heteroatoms. The predicted molar refractivity (Wildman–Crippen MR) is 125 cm³/mol. The molecule has 0 unspecified atom stereocenters. The SMILES string of the molecule is O=Cc1ccccc1/N=N/c1c(S(=O)(=O)O)cc2cc(Nc3nc(Cl)nc(Cl)n3)ccc2c1O. The Morgan fingerprint density at radius 1 is 0.971 bits per heavy atom. The molecule has 11 nitrogen and oxygen atoms in total. The molecular weight excluding hydrogens is 507 g/mol. The number of carbonyl (C=O) groups excluding carboxylic acids is 1. The zero-order chi connectivity index (χ0) is 24.5. The molecule has 1 aromatic heterocycles. The van der Waals surface area contributed by atoms with Gasteiger partial charge in [-0.05, 0) is 65.0 Å². The van der Waals surface area contributed by atoms with E-state index in [1.54, 1.807) is 18.2 Å². The van der Waals surface area contributed by atoms with Crippen LogP contribution in [0.15, 0.2) is 63.7 Å². The van der Waals surface area contributed by atoms with E-state index in [2.05, 4.69) is 30.5 Å². The number of nitrogens with zero attached hydrogens (tertiary/aromatic N) is 5. The van der Waals surface area contributed by atoms with E-state index in [9.17, 15) is 22.9 Å². The second-order valence-corrected chi connectivity index (χ2v) is 8.75. The number of benzene rings is 3. The molecule has 0 atom stereocenters. The quantitative estimate of drug-likeness (QED) is 0.175. The molecule has 0 bridgehead atoms. The van der Waals surface area contributed by atoms with Crippen LogP contribution in [0.25, 0.3) is 10.8 Å². The molecule has 3 N–H and O–H groups in total. The lowest BCUT2D eigenvalue weighted by atomic mass is 10.1. The Labute approximate surface area is 201 Å². The molecule has 3 aromatic carbocycles. The Morgan fingerprint density at radius 3 is 2.35 bits per heavy atom. The highest BCUT2D eigenvalue weighted by molar-refractivity contribution is 7.86. The average Bonchev–Trinajstić information content (AvgIpc) is 2.77. The molecular formula is C20H12Cl2N6O5S. The first kappa shape index (κ1) is 23.4. The van der Waals surface area contributed by atoms with Crippen LogP contribution in [-0.2, 0) is 10.1 Å². The number of halogens is 2. The van der Waals surface area contributed by atoms with Crippen LogP contribution >= 0.6 is 23.2 Å². The number of hydrogen-bond acceptors (Lipinski definition) is 10. The van der Waals surface area contributed by atoms with Gasteiger partial charge in [-0.2, -0.15) is 23.4 Å². The van der Waals surface area contributed by atoms with Gasteiger partial charge < -0.3 is 10.4 Å². The fourth-order valence-electron chi connectivity index (χ4n) is 3.02. The molecule has 0 saturated heterocycles. The van der Waals surface area contributed by atoms with Crippen molar-refractivity contribution in [3.63, 3.8) is 0 Å². The highest BCUT2D eigenvalue weighted by atomic mass is 35.5. The standard InChI is InChI=1S/C20H12Cl2N6O5S/c21-18-24-19(22)26-20(25-18)23-12-5-6-13-11(7-12)8-15(34(31,32)33)16(17(13)30)28-27-14-4-2-1-3-10(14)9-29/h1-9,30H,(H,31,32,33)(H,23,24,25,26)/b28-27+. The zero-order valence-electron chi connectivity index (χ0n) is 16.7. The van der Waals surface area contributed by atoms with Gasteiger partial charge in [-0.15, -0.1) is 10.2 Å². The fourth-order valence-corrected chi connectivity index (χ4v) is 4.04. The Balaban J connectivity index is 1.82. The number of aromatic nitrogens is 3. The molecule has 0 aliphatic heterocycles. The van der Waals surface area contributed by atoms with Crippen molar-refractivity contribution in [3.05, 3.63) is 64.7 Å². The summed E-state index contributed by atoms with van der Waals surface area (Å²) in [5.74, 6) is -0.516. The third kappa shape index (κ3) is 4.94. The number of phenolic OH excluding ortho intramolecular Hbond substituents is 1. The predicted octanol–water partition coefficient (Wildman–Crippen LogP) is 5.26. The lowest BCUT2D eigenvalue weighted by Gasteiger charge is -2.11. The molecule has 0 fully saturated rings. The smallest absolute Gasteiger partial charge is 0.296 e. The second-order valence-electron chi connectivity index (χ2n) is 6.68. The first-order chi connectivity index (χ1) is 16.2. The minimum atomic E-state index is -4.82. The number of carbonyl (C=O) groups is 1. The van der Waals surface area contributed by atoms with Crippen LogP contribution in [0.1, 0.15) is 10.4 Å². The van der Waals surface area contributed by atoms with Crippen LogP contribution in [0, 0.1) is 0 Å². The van der Waals surface area contributed by atoms with Crippen molar-refractivity contribution in [1.82, 2.24) is 15.0 Å². The topological polar surface area (TPSA) is 167 Å². The van der Waals surface area contributed by atoms with Crippen LogP contribution in [0.3, 0.4) is 0 Å². The van der Waals surface area contributed by atoms with E-state index >= 15 is 0 Å². The van der Waals surface area contributed by atoms with Crippen LogP contribution in [0.4, 0.5) is 23.0 Å². The van der Waals surface area contributed by atoms with E-state index in [4.69, 9.17) is 23.2 Å². The molecule has 4 aromatic rings. The van der Waals surface area contributed by atoms with Gasteiger partial charge in [0, 0.05) is 16.6 Å². The normalized spacial score (nSPS) is 11.7. The number of fused-ring (bicyclic) bond motifs is 1. The number of phenols is 1. The monoisotopic (exact) mass is 518 g/mol. The number of aromatic hydroxyl groups is 1. The highest BCUT2D eigenvalue weighted by Crippen LogP contribution is 2.42. The van der Waals surface area contributed by atoms with Gasteiger partial charge >= 0.3 is 0 Å². The van der Waals surface area contributed by atoms with Crippen molar-refractivity contribution in [2.24, 2.45) is 10.2 Å². The lowest BCUT2D eigenvalue weighted by Crippen LogP contribution is -2.00. The number of azo groups is 1. The largest absolute Gasteiger partial charge is 0.505 e. The van der Waals surface area contributed by atoms with E-state index in [0.29, 0.717) is 12.0 Å². The third-order valence-corrected chi connectivity index (χ3v) is 5.69. The van der Waals surface area contributed by atoms with E-state index in [1.807, 2.05) is 0 Å². The molecule has 34 heavy (non-hydrogen) atoms. The number of anilines is 2. The van der Waals surface area contributed by atoms with Crippen molar-refractivity contribution in [2.75, 3.05) is 5.32 Å². The molecule has 1 heterocycles. The van der Waals surface area contributed by atoms with Gasteiger partial charge in [0.1, 0.15) is 10.6 Å². The van der Waals surface area contributed by atoms with Gasteiger partial charge in [0.05, 0.1) is 5.69 Å². The van der Waals surface area contributed by atoms with Gasteiger partial charge in [0.15, 0.2) is 12.0 Å². The van der Waals surface area contributed by atoms with Gasteiger partial charge in [-0.1, -0.05) is 12.1 Å². The van der Waals surface area contributed by atoms with E-state index in [0.717, 1.165) is 6.07 Å².